The second-order valence-corrected chi connectivity index (χ2v) is 6.04. The summed E-state index contributed by atoms with van der Waals surface area (Å²) in [6.45, 7) is 3.52. The lowest BCUT2D eigenvalue weighted by Gasteiger charge is -2.33. The minimum absolute atomic E-state index is 0.132. The van der Waals surface area contributed by atoms with E-state index in [4.69, 9.17) is 0 Å². The molecular formula is C17H15F3N2O. The number of halogens is 3. The summed E-state index contributed by atoms with van der Waals surface area (Å²) in [6, 6.07) is 10.3. The summed E-state index contributed by atoms with van der Waals surface area (Å²) in [5, 5.41) is 5.95. The molecule has 0 radical (unpaired) electrons. The summed E-state index contributed by atoms with van der Waals surface area (Å²) in [4.78, 5) is 11.9. The molecule has 2 aromatic rings. The van der Waals surface area contributed by atoms with Gasteiger partial charge in [0.15, 0.2) is 0 Å². The Bertz CT molecular complexity index is 764. The molecule has 0 bridgehead atoms. The van der Waals surface area contributed by atoms with Crippen molar-refractivity contribution in [2.75, 3.05) is 10.6 Å². The molecule has 6 heteroatoms. The van der Waals surface area contributed by atoms with E-state index in [-0.39, 0.29) is 5.91 Å². The van der Waals surface area contributed by atoms with Crippen LogP contribution in [0, 0.1) is 0 Å². The SMILES string of the molecule is CC1(C)Nc2cc(-c3ccc(C(F)(F)F)cc3)ccc2NC1=O. The smallest absolute Gasteiger partial charge is 0.370 e. The van der Waals surface area contributed by atoms with Crippen LogP contribution in [-0.4, -0.2) is 11.4 Å². The highest BCUT2D eigenvalue weighted by Crippen LogP contribution is 2.36. The van der Waals surface area contributed by atoms with Gasteiger partial charge in [0.2, 0.25) is 5.91 Å². The molecule has 0 atom stereocenters. The summed E-state index contributed by atoms with van der Waals surface area (Å²) >= 11 is 0. The van der Waals surface area contributed by atoms with Gasteiger partial charge in [-0.3, -0.25) is 4.79 Å². The molecular weight excluding hydrogens is 305 g/mol. The monoisotopic (exact) mass is 320 g/mol. The van der Waals surface area contributed by atoms with E-state index in [0.717, 1.165) is 23.4 Å². The van der Waals surface area contributed by atoms with Crippen molar-refractivity contribution in [1.29, 1.82) is 0 Å². The van der Waals surface area contributed by atoms with Crippen LogP contribution < -0.4 is 10.6 Å². The summed E-state index contributed by atoms with van der Waals surface area (Å²) in [5.74, 6) is -0.132. The normalized spacial score (nSPS) is 16.3. The van der Waals surface area contributed by atoms with Crippen molar-refractivity contribution < 1.29 is 18.0 Å². The zero-order valence-corrected chi connectivity index (χ0v) is 12.6. The maximum atomic E-state index is 12.6. The molecule has 1 heterocycles. The van der Waals surface area contributed by atoms with Crippen LogP contribution in [0.1, 0.15) is 19.4 Å². The number of carbonyl (C=O) groups excluding carboxylic acids is 1. The maximum absolute atomic E-state index is 12.6. The fourth-order valence-electron chi connectivity index (χ4n) is 2.46. The van der Waals surface area contributed by atoms with Crippen molar-refractivity contribution in [3.8, 4) is 11.1 Å². The summed E-state index contributed by atoms with van der Waals surface area (Å²) in [6.07, 6.45) is -4.34. The number of amides is 1. The number of hydrogen-bond donors (Lipinski definition) is 2. The van der Waals surface area contributed by atoms with Gasteiger partial charge in [-0.25, -0.2) is 0 Å². The Morgan fingerprint density at radius 2 is 1.52 bits per heavy atom. The number of benzene rings is 2. The first-order valence-electron chi connectivity index (χ1n) is 7.08. The average Bonchev–Trinajstić information content (AvgIpc) is 2.47. The first-order valence-corrected chi connectivity index (χ1v) is 7.08. The van der Waals surface area contributed by atoms with Crippen molar-refractivity contribution >= 4 is 17.3 Å². The van der Waals surface area contributed by atoms with Crippen molar-refractivity contribution in [2.45, 2.75) is 25.6 Å². The van der Waals surface area contributed by atoms with E-state index in [9.17, 15) is 18.0 Å². The lowest BCUT2D eigenvalue weighted by molar-refractivity contribution is -0.137. The van der Waals surface area contributed by atoms with Crippen LogP contribution in [0.25, 0.3) is 11.1 Å². The lowest BCUT2D eigenvalue weighted by Crippen LogP contribution is -2.47. The molecule has 0 aliphatic carbocycles. The summed E-state index contributed by atoms with van der Waals surface area (Å²) < 4.78 is 37.9. The Labute approximate surface area is 131 Å². The molecule has 0 fully saturated rings. The van der Waals surface area contributed by atoms with Crippen LogP contribution in [0.2, 0.25) is 0 Å². The van der Waals surface area contributed by atoms with Gasteiger partial charge >= 0.3 is 6.18 Å². The molecule has 0 saturated carbocycles. The lowest BCUT2D eigenvalue weighted by atomic mass is 9.97. The van der Waals surface area contributed by atoms with Crippen LogP contribution >= 0.6 is 0 Å². The summed E-state index contributed by atoms with van der Waals surface area (Å²) in [5.41, 5.74) is 1.43. The van der Waals surface area contributed by atoms with Crippen LogP contribution in [-0.2, 0) is 11.0 Å². The molecule has 0 unspecified atom stereocenters. The van der Waals surface area contributed by atoms with Crippen LogP contribution in [0.5, 0.6) is 0 Å². The van der Waals surface area contributed by atoms with Gasteiger partial charge in [-0.1, -0.05) is 18.2 Å². The number of rotatable bonds is 1. The van der Waals surface area contributed by atoms with Gasteiger partial charge < -0.3 is 10.6 Å². The van der Waals surface area contributed by atoms with Crippen LogP contribution in [0.3, 0.4) is 0 Å². The Balaban J connectivity index is 1.95. The summed E-state index contributed by atoms with van der Waals surface area (Å²) in [7, 11) is 0. The number of hydrogen-bond acceptors (Lipinski definition) is 2. The highest BCUT2D eigenvalue weighted by Gasteiger charge is 2.33. The molecule has 0 saturated heterocycles. The van der Waals surface area contributed by atoms with Gasteiger partial charge in [0.25, 0.3) is 0 Å². The second-order valence-electron chi connectivity index (χ2n) is 6.04. The zero-order valence-electron chi connectivity index (χ0n) is 12.6. The standard InChI is InChI=1S/C17H15F3N2O/c1-16(2)15(23)21-13-8-5-11(9-14(13)22-16)10-3-6-12(7-4-10)17(18,19)20/h3-9,22H,1-2H3,(H,21,23). The first kappa shape index (κ1) is 15.4. The van der Waals surface area contributed by atoms with Crippen molar-refractivity contribution in [1.82, 2.24) is 0 Å². The molecule has 2 N–H and O–H groups in total. The van der Waals surface area contributed by atoms with E-state index >= 15 is 0 Å². The van der Waals surface area contributed by atoms with Crippen LogP contribution in [0.4, 0.5) is 24.5 Å². The largest absolute Gasteiger partial charge is 0.416 e. The van der Waals surface area contributed by atoms with E-state index in [1.807, 2.05) is 6.07 Å². The Kier molecular flexibility index (Phi) is 3.35. The van der Waals surface area contributed by atoms with E-state index < -0.39 is 17.3 Å². The fourth-order valence-corrected chi connectivity index (χ4v) is 2.46. The number of alkyl halides is 3. The molecule has 1 aliphatic rings. The molecule has 120 valence electrons. The molecule has 1 amide bonds. The van der Waals surface area contributed by atoms with Gasteiger partial charge in [-0.2, -0.15) is 13.2 Å². The predicted octanol–water partition coefficient (Wildman–Crippen LogP) is 4.52. The minimum Gasteiger partial charge on any atom is -0.370 e. The van der Waals surface area contributed by atoms with Gasteiger partial charge in [0.1, 0.15) is 5.54 Å². The highest BCUT2D eigenvalue weighted by atomic mass is 19.4. The Morgan fingerprint density at radius 1 is 0.913 bits per heavy atom. The minimum atomic E-state index is -4.34. The zero-order chi connectivity index (χ0) is 16.8. The molecule has 3 nitrogen and oxygen atoms in total. The van der Waals surface area contributed by atoms with Gasteiger partial charge in [-0.15, -0.1) is 0 Å². The van der Waals surface area contributed by atoms with Crippen LogP contribution in [0.15, 0.2) is 42.5 Å². The van der Waals surface area contributed by atoms with E-state index in [0.29, 0.717) is 11.3 Å². The van der Waals surface area contributed by atoms with E-state index in [1.54, 1.807) is 26.0 Å². The van der Waals surface area contributed by atoms with E-state index in [2.05, 4.69) is 10.6 Å². The molecule has 0 aromatic heterocycles. The molecule has 3 rings (SSSR count). The van der Waals surface area contributed by atoms with Crippen molar-refractivity contribution in [3.05, 3.63) is 48.0 Å². The number of carbonyl (C=O) groups is 1. The van der Waals surface area contributed by atoms with Crippen molar-refractivity contribution in [3.63, 3.8) is 0 Å². The third-order valence-electron chi connectivity index (χ3n) is 3.83. The molecule has 2 aromatic carbocycles. The second kappa shape index (κ2) is 5.01. The van der Waals surface area contributed by atoms with Gasteiger partial charge in [-0.05, 0) is 49.2 Å². The van der Waals surface area contributed by atoms with Crippen molar-refractivity contribution in [2.24, 2.45) is 0 Å². The van der Waals surface area contributed by atoms with Gasteiger partial charge in [0, 0.05) is 0 Å². The Hall–Kier alpha value is -2.50. The Morgan fingerprint density at radius 3 is 2.13 bits per heavy atom. The topological polar surface area (TPSA) is 41.1 Å². The number of fused-ring (bicyclic) bond motifs is 1. The number of nitrogens with one attached hydrogen (secondary N) is 2. The van der Waals surface area contributed by atoms with Gasteiger partial charge in [0.05, 0.1) is 16.9 Å². The molecule has 23 heavy (non-hydrogen) atoms. The molecule has 1 aliphatic heterocycles. The fraction of sp³-hybridized carbons (Fsp3) is 0.235. The maximum Gasteiger partial charge on any atom is 0.416 e. The first-order chi connectivity index (χ1) is 10.7. The molecule has 0 spiro atoms. The van der Waals surface area contributed by atoms with E-state index in [1.165, 1.54) is 12.1 Å². The highest BCUT2D eigenvalue weighted by molar-refractivity contribution is 6.06. The third kappa shape index (κ3) is 2.88. The average molecular weight is 320 g/mol. The number of anilines is 2. The quantitative estimate of drug-likeness (QED) is 0.811. The predicted molar refractivity (Wildman–Crippen MR) is 83.2 cm³/mol. The third-order valence-corrected chi connectivity index (χ3v) is 3.83.